The standard InChI is InChI=1S/C13H17F2N3O3S.ClH/c1-16-9-13(19)17-4-6-18(7-5-17)22(20,21)12-3-2-10(14)8-11(12)15;/h2-3,8,16H,4-7,9H2,1H3;1H. The van der Waals surface area contributed by atoms with Gasteiger partial charge < -0.3 is 10.2 Å². The monoisotopic (exact) mass is 369 g/mol. The zero-order valence-corrected chi connectivity index (χ0v) is 14.1. The molecule has 1 N–H and O–H groups in total. The van der Waals surface area contributed by atoms with Gasteiger partial charge >= 0.3 is 0 Å². The van der Waals surface area contributed by atoms with Gasteiger partial charge in [-0.05, 0) is 19.2 Å². The second-order valence-corrected chi connectivity index (χ2v) is 6.80. The van der Waals surface area contributed by atoms with Crippen LogP contribution in [-0.2, 0) is 14.8 Å². The predicted octanol–water partition coefficient (Wildman–Crippen LogP) is 0.439. The number of carbonyl (C=O) groups is 1. The summed E-state index contributed by atoms with van der Waals surface area (Å²) in [6, 6.07) is 2.36. The molecular formula is C13H18ClF2N3O3S. The fourth-order valence-electron chi connectivity index (χ4n) is 2.26. The van der Waals surface area contributed by atoms with E-state index in [2.05, 4.69) is 5.32 Å². The van der Waals surface area contributed by atoms with Crippen LogP contribution >= 0.6 is 12.4 Å². The van der Waals surface area contributed by atoms with Gasteiger partial charge in [0, 0.05) is 32.2 Å². The molecule has 1 aliphatic rings. The largest absolute Gasteiger partial charge is 0.339 e. The summed E-state index contributed by atoms with van der Waals surface area (Å²) in [5, 5.41) is 2.74. The number of amides is 1. The summed E-state index contributed by atoms with van der Waals surface area (Å²) in [7, 11) is -2.38. The second kappa shape index (κ2) is 8.00. The van der Waals surface area contributed by atoms with Crippen molar-refractivity contribution in [2.75, 3.05) is 39.8 Å². The third kappa shape index (κ3) is 4.37. The minimum absolute atomic E-state index is 0. The van der Waals surface area contributed by atoms with Crippen LogP contribution in [0.15, 0.2) is 23.1 Å². The number of nitrogens with zero attached hydrogens (tertiary/aromatic N) is 2. The van der Waals surface area contributed by atoms with E-state index >= 15 is 0 Å². The van der Waals surface area contributed by atoms with Gasteiger partial charge in [-0.25, -0.2) is 17.2 Å². The maximum Gasteiger partial charge on any atom is 0.246 e. The van der Waals surface area contributed by atoms with E-state index < -0.39 is 26.6 Å². The Balaban J connectivity index is 0.00000264. The van der Waals surface area contributed by atoms with E-state index in [9.17, 15) is 22.0 Å². The van der Waals surface area contributed by atoms with Crippen molar-refractivity contribution in [3.8, 4) is 0 Å². The lowest BCUT2D eigenvalue weighted by atomic mass is 10.3. The van der Waals surface area contributed by atoms with E-state index in [1.165, 1.54) is 0 Å². The van der Waals surface area contributed by atoms with Crippen molar-refractivity contribution in [1.82, 2.24) is 14.5 Å². The quantitative estimate of drug-likeness (QED) is 0.836. The van der Waals surface area contributed by atoms with Gasteiger partial charge in [0.15, 0.2) is 0 Å². The number of sulfonamides is 1. The summed E-state index contributed by atoms with van der Waals surface area (Å²) in [5.74, 6) is -2.07. The van der Waals surface area contributed by atoms with E-state index in [1.54, 1.807) is 11.9 Å². The number of halogens is 3. The molecule has 1 amide bonds. The molecule has 10 heteroatoms. The van der Waals surface area contributed by atoms with Crippen molar-refractivity contribution >= 4 is 28.3 Å². The first-order valence-electron chi connectivity index (χ1n) is 6.74. The number of carbonyl (C=O) groups excluding carboxylic acids is 1. The number of benzene rings is 1. The molecule has 2 rings (SSSR count). The summed E-state index contributed by atoms with van der Waals surface area (Å²) >= 11 is 0. The Morgan fingerprint density at radius 1 is 1.22 bits per heavy atom. The Morgan fingerprint density at radius 3 is 2.35 bits per heavy atom. The lowest BCUT2D eigenvalue weighted by Gasteiger charge is -2.34. The zero-order chi connectivity index (χ0) is 16.3. The molecule has 0 radical (unpaired) electrons. The van der Waals surface area contributed by atoms with Crippen LogP contribution in [0.2, 0.25) is 0 Å². The first-order chi connectivity index (χ1) is 10.4. The Bertz CT molecular complexity index is 664. The third-order valence-electron chi connectivity index (χ3n) is 3.43. The summed E-state index contributed by atoms with van der Waals surface area (Å²) < 4.78 is 52.4. The normalized spacial score (nSPS) is 16.0. The molecule has 1 heterocycles. The Morgan fingerprint density at radius 2 is 1.83 bits per heavy atom. The summed E-state index contributed by atoms with van der Waals surface area (Å²) in [6.45, 7) is 0.813. The van der Waals surface area contributed by atoms with Crippen LogP contribution in [0.4, 0.5) is 8.78 Å². The van der Waals surface area contributed by atoms with Crippen LogP contribution in [0, 0.1) is 11.6 Å². The van der Waals surface area contributed by atoms with Gasteiger partial charge in [0.1, 0.15) is 16.5 Å². The first-order valence-corrected chi connectivity index (χ1v) is 8.18. The average molecular weight is 370 g/mol. The Hall–Kier alpha value is -1.29. The Labute approximate surface area is 139 Å². The average Bonchev–Trinajstić information content (AvgIpc) is 2.47. The first kappa shape index (κ1) is 19.8. The maximum absolute atomic E-state index is 13.7. The van der Waals surface area contributed by atoms with Crippen LogP contribution in [0.25, 0.3) is 0 Å². The van der Waals surface area contributed by atoms with Gasteiger partial charge in [-0.2, -0.15) is 4.31 Å². The minimum atomic E-state index is -4.03. The van der Waals surface area contributed by atoms with E-state index in [4.69, 9.17) is 0 Å². The van der Waals surface area contributed by atoms with Gasteiger partial charge in [0.05, 0.1) is 6.54 Å². The topological polar surface area (TPSA) is 69.7 Å². The number of hydrogen-bond donors (Lipinski definition) is 1. The summed E-state index contributed by atoms with van der Waals surface area (Å²) in [6.07, 6.45) is 0. The highest BCUT2D eigenvalue weighted by Crippen LogP contribution is 2.21. The highest BCUT2D eigenvalue weighted by molar-refractivity contribution is 7.89. The van der Waals surface area contributed by atoms with E-state index in [1.807, 2.05) is 0 Å². The molecule has 0 bridgehead atoms. The molecule has 1 fully saturated rings. The number of rotatable bonds is 4. The Kier molecular flexibility index (Phi) is 6.87. The molecule has 1 aliphatic heterocycles. The van der Waals surface area contributed by atoms with Crippen molar-refractivity contribution < 1.29 is 22.0 Å². The summed E-state index contributed by atoms with van der Waals surface area (Å²) in [5.41, 5.74) is 0. The molecule has 1 saturated heterocycles. The van der Waals surface area contributed by atoms with Gasteiger partial charge in [-0.3, -0.25) is 4.79 Å². The molecule has 0 spiro atoms. The fraction of sp³-hybridized carbons (Fsp3) is 0.462. The van der Waals surface area contributed by atoms with Crippen molar-refractivity contribution in [1.29, 1.82) is 0 Å². The van der Waals surface area contributed by atoms with Crippen LogP contribution < -0.4 is 5.32 Å². The van der Waals surface area contributed by atoms with Gasteiger partial charge in [0.2, 0.25) is 15.9 Å². The molecule has 1 aromatic carbocycles. The van der Waals surface area contributed by atoms with E-state index in [-0.39, 0.29) is 51.0 Å². The molecule has 130 valence electrons. The molecule has 0 aliphatic carbocycles. The van der Waals surface area contributed by atoms with Gasteiger partial charge in [-0.1, -0.05) is 0 Å². The number of hydrogen-bond acceptors (Lipinski definition) is 4. The smallest absolute Gasteiger partial charge is 0.246 e. The van der Waals surface area contributed by atoms with E-state index in [0.29, 0.717) is 6.07 Å². The minimum Gasteiger partial charge on any atom is -0.339 e. The number of likely N-dealkylation sites (N-methyl/N-ethyl adjacent to an activating group) is 1. The SMILES string of the molecule is CNCC(=O)N1CCN(S(=O)(=O)c2ccc(F)cc2F)CC1.Cl. The van der Waals surface area contributed by atoms with Crippen molar-refractivity contribution in [2.24, 2.45) is 0 Å². The molecule has 0 unspecified atom stereocenters. The fourth-order valence-corrected chi connectivity index (χ4v) is 3.73. The van der Waals surface area contributed by atoms with Gasteiger partial charge in [0.25, 0.3) is 0 Å². The van der Waals surface area contributed by atoms with Crippen LogP contribution in [0.3, 0.4) is 0 Å². The maximum atomic E-state index is 13.7. The van der Waals surface area contributed by atoms with E-state index in [0.717, 1.165) is 16.4 Å². The molecule has 0 atom stereocenters. The lowest BCUT2D eigenvalue weighted by Crippen LogP contribution is -2.52. The van der Waals surface area contributed by atoms with Crippen LogP contribution in [0.5, 0.6) is 0 Å². The molecule has 6 nitrogen and oxygen atoms in total. The summed E-state index contributed by atoms with van der Waals surface area (Å²) in [4.78, 5) is 12.7. The van der Waals surface area contributed by atoms with Crippen molar-refractivity contribution in [3.05, 3.63) is 29.8 Å². The highest BCUT2D eigenvalue weighted by atomic mass is 35.5. The molecular weight excluding hydrogens is 352 g/mol. The number of piperazine rings is 1. The number of nitrogens with one attached hydrogen (secondary N) is 1. The molecule has 0 saturated carbocycles. The molecule has 1 aromatic rings. The van der Waals surface area contributed by atoms with Crippen molar-refractivity contribution in [2.45, 2.75) is 4.90 Å². The predicted molar refractivity (Wildman–Crippen MR) is 82.9 cm³/mol. The zero-order valence-electron chi connectivity index (χ0n) is 12.5. The lowest BCUT2D eigenvalue weighted by molar-refractivity contribution is -0.131. The van der Waals surface area contributed by atoms with Gasteiger partial charge in [-0.15, -0.1) is 12.4 Å². The molecule has 23 heavy (non-hydrogen) atoms. The van der Waals surface area contributed by atoms with Crippen LogP contribution in [0.1, 0.15) is 0 Å². The van der Waals surface area contributed by atoms with Crippen LogP contribution in [-0.4, -0.2) is 63.3 Å². The highest BCUT2D eigenvalue weighted by Gasteiger charge is 2.31. The third-order valence-corrected chi connectivity index (χ3v) is 5.36. The molecule has 0 aromatic heterocycles. The second-order valence-electron chi connectivity index (χ2n) is 4.89. The van der Waals surface area contributed by atoms with Crippen molar-refractivity contribution in [3.63, 3.8) is 0 Å².